The summed E-state index contributed by atoms with van der Waals surface area (Å²) < 4.78 is 27.7. The van der Waals surface area contributed by atoms with E-state index in [1.165, 1.54) is 24.3 Å². The molecule has 4 rings (SSSR count). The molecule has 9 nitrogen and oxygen atoms in total. The summed E-state index contributed by atoms with van der Waals surface area (Å²) in [5.41, 5.74) is 2.44. The van der Waals surface area contributed by atoms with Gasteiger partial charge in [0.2, 0.25) is 0 Å². The molecule has 0 radical (unpaired) electrons. The number of nitrogens with zero attached hydrogens (tertiary/aromatic N) is 2. The first-order valence-electron chi connectivity index (χ1n) is 11.5. The number of anilines is 1. The molecule has 11 heteroatoms. The van der Waals surface area contributed by atoms with E-state index in [2.05, 4.69) is 10.3 Å². The van der Waals surface area contributed by atoms with E-state index in [-0.39, 0.29) is 16.1 Å². The molecule has 0 spiro atoms. The van der Waals surface area contributed by atoms with Crippen LogP contribution < -0.4 is 10.0 Å². The first-order chi connectivity index (χ1) is 18.2. The van der Waals surface area contributed by atoms with Gasteiger partial charge in [0, 0.05) is 40.6 Å². The lowest BCUT2D eigenvalue weighted by atomic mass is 10.1. The molecule has 4 aromatic rings. The molecule has 0 aliphatic carbocycles. The molecule has 0 saturated carbocycles. The van der Waals surface area contributed by atoms with Gasteiger partial charge in [-0.3, -0.25) is 19.9 Å². The minimum absolute atomic E-state index is 0.119. The molecule has 1 aromatic heterocycles. The highest BCUT2D eigenvalue weighted by Crippen LogP contribution is 2.28. The molecule has 2 N–H and O–H groups in total. The molecule has 194 valence electrons. The zero-order valence-electron chi connectivity index (χ0n) is 20.3. The van der Waals surface area contributed by atoms with Gasteiger partial charge in [-0.15, -0.1) is 11.8 Å². The Morgan fingerprint density at radius 3 is 2.42 bits per heavy atom. The molecule has 0 aliphatic rings. The van der Waals surface area contributed by atoms with Crippen LogP contribution in [0.4, 0.5) is 11.4 Å². The highest BCUT2D eigenvalue weighted by molar-refractivity contribution is 7.99. The third-order valence-corrected chi connectivity index (χ3v) is 7.83. The first kappa shape index (κ1) is 26.8. The van der Waals surface area contributed by atoms with Crippen molar-refractivity contribution in [1.29, 1.82) is 0 Å². The van der Waals surface area contributed by atoms with Crippen molar-refractivity contribution >= 4 is 39.1 Å². The summed E-state index contributed by atoms with van der Waals surface area (Å²) in [6, 6.07) is 23.3. The predicted octanol–water partition coefficient (Wildman–Crippen LogP) is 5.29. The summed E-state index contributed by atoms with van der Waals surface area (Å²) in [5, 5.41) is 14.6. The van der Waals surface area contributed by atoms with Gasteiger partial charge in [0.1, 0.15) is 5.69 Å². The lowest BCUT2D eigenvalue weighted by molar-refractivity contribution is -0.384. The van der Waals surface area contributed by atoms with Gasteiger partial charge in [-0.05, 0) is 61.0 Å². The van der Waals surface area contributed by atoms with Gasteiger partial charge in [0.15, 0.2) is 0 Å². The Labute approximate surface area is 224 Å². The average molecular weight is 549 g/mol. The molecule has 0 bridgehead atoms. The van der Waals surface area contributed by atoms with Crippen LogP contribution in [0.15, 0.2) is 101 Å². The van der Waals surface area contributed by atoms with Crippen molar-refractivity contribution < 1.29 is 18.1 Å². The van der Waals surface area contributed by atoms with Crippen LogP contribution in [-0.4, -0.2) is 36.5 Å². The quantitative estimate of drug-likeness (QED) is 0.118. The van der Waals surface area contributed by atoms with Gasteiger partial charge in [0.05, 0.1) is 15.5 Å². The van der Waals surface area contributed by atoms with E-state index >= 15 is 0 Å². The number of carbonyl (C=O) groups excluding carboxylic acids is 1. The van der Waals surface area contributed by atoms with Crippen molar-refractivity contribution in [3.63, 3.8) is 0 Å². The van der Waals surface area contributed by atoms with Crippen LogP contribution in [0, 0.1) is 17.0 Å². The molecular formula is C27H24N4O5S2. The number of hydrogen-bond acceptors (Lipinski definition) is 8. The van der Waals surface area contributed by atoms with E-state index in [0.29, 0.717) is 12.3 Å². The largest absolute Gasteiger partial charge is 0.379 e. The van der Waals surface area contributed by atoms with Crippen molar-refractivity contribution in [2.75, 3.05) is 17.6 Å². The normalized spacial score (nSPS) is 11.1. The number of hydrogen-bond donors (Lipinski definition) is 2. The maximum atomic E-state index is 12.9. The maximum absolute atomic E-state index is 12.9. The van der Waals surface area contributed by atoms with Crippen molar-refractivity contribution in [2.24, 2.45) is 0 Å². The van der Waals surface area contributed by atoms with Crippen LogP contribution in [0.1, 0.15) is 15.9 Å². The Morgan fingerprint density at radius 2 is 1.74 bits per heavy atom. The summed E-state index contributed by atoms with van der Waals surface area (Å²) in [5.74, 6) is -0.202. The zero-order valence-corrected chi connectivity index (χ0v) is 22.0. The lowest BCUT2D eigenvalue weighted by Gasteiger charge is -2.11. The monoisotopic (exact) mass is 548 g/mol. The topological polar surface area (TPSA) is 131 Å². The number of sulfonamides is 1. The number of benzene rings is 3. The van der Waals surface area contributed by atoms with Crippen LogP contribution in [0.25, 0.3) is 11.3 Å². The number of thioether (sulfide) groups is 1. The van der Waals surface area contributed by atoms with Gasteiger partial charge in [-0.2, -0.15) is 0 Å². The molecule has 1 heterocycles. The fourth-order valence-corrected chi connectivity index (χ4v) is 5.36. The van der Waals surface area contributed by atoms with Gasteiger partial charge in [-0.1, -0.05) is 30.3 Å². The summed E-state index contributed by atoms with van der Waals surface area (Å²) in [4.78, 5) is 28.6. The average Bonchev–Trinajstić information content (AvgIpc) is 2.91. The SMILES string of the molecule is Cc1ccnc(-c2ccc(C(=O)NS(=O)(=O)c3ccc(NCCSc4ccccc4)c([N+](=O)[O-])c3)cc2)c1. The number of amides is 1. The number of aryl methyl sites for hydroxylation is 1. The number of nitro benzene ring substituents is 1. The number of nitrogens with one attached hydrogen (secondary N) is 2. The van der Waals surface area contributed by atoms with Gasteiger partial charge >= 0.3 is 0 Å². The summed E-state index contributed by atoms with van der Waals surface area (Å²) in [6.45, 7) is 2.37. The van der Waals surface area contributed by atoms with E-state index in [4.69, 9.17) is 0 Å². The van der Waals surface area contributed by atoms with Crippen LogP contribution in [0.2, 0.25) is 0 Å². The Balaban J connectivity index is 1.43. The summed E-state index contributed by atoms with van der Waals surface area (Å²) in [7, 11) is -4.36. The van der Waals surface area contributed by atoms with E-state index in [9.17, 15) is 23.3 Å². The fourth-order valence-electron chi connectivity index (χ4n) is 3.58. The standard InChI is InChI=1S/C27H24N4O5S2/c1-19-13-14-28-25(17-19)20-7-9-21(10-8-20)27(32)30-38(35,36)23-11-12-24(26(18-23)31(33)34)29-15-16-37-22-5-3-2-4-6-22/h2-14,17-18,29H,15-16H2,1H3,(H,30,32). The Morgan fingerprint density at radius 1 is 1.00 bits per heavy atom. The van der Waals surface area contributed by atoms with Crippen LogP contribution in [-0.2, 0) is 10.0 Å². The molecule has 1 amide bonds. The fraction of sp³-hybridized carbons (Fsp3) is 0.111. The van der Waals surface area contributed by atoms with E-state index in [1.54, 1.807) is 30.1 Å². The molecule has 0 aliphatic heterocycles. The highest BCUT2D eigenvalue weighted by atomic mass is 32.2. The zero-order chi connectivity index (χ0) is 27.1. The molecule has 0 atom stereocenters. The van der Waals surface area contributed by atoms with Crippen molar-refractivity contribution in [2.45, 2.75) is 16.7 Å². The van der Waals surface area contributed by atoms with Gasteiger partial charge < -0.3 is 5.32 Å². The lowest BCUT2D eigenvalue weighted by Crippen LogP contribution is -2.30. The van der Waals surface area contributed by atoms with E-state index < -0.39 is 26.5 Å². The van der Waals surface area contributed by atoms with E-state index in [1.807, 2.05) is 54.1 Å². The van der Waals surface area contributed by atoms with Crippen molar-refractivity contribution in [1.82, 2.24) is 9.71 Å². The number of aromatic nitrogens is 1. The van der Waals surface area contributed by atoms with Crippen LogP contribution >= 0.6 is 11.8 Å². The summed E-state index contributed by atoms with van der Waals surface area (Å²) in [6.07, 6.45) is 1.68. The smallest absolute Gasteiger partial charge is 0.293 e. The Bertz CT molecular complexity index is 1560. The third kappa shape index (κ3) is 6.75. The second kappa shape index (κ2) is 11.9. The van der Waals surface area contributed by atoms with Gasteiger partial charge in [-0.25, -0.2) is 13.1 Å². The molecule has 0 fully saturated rings. The second-order valence-corrected chi connectivity index (χ2v) is 11.1. The molecule has 38 heavy (non-hydrogen) atoms. The summed E-state index contributed by atoms with van der Waals surface area (Å²) >= 11 is 1.59. The number of rotatable bonds is 10. The second-order valence-electron chi connectivity index (χ2n) is 8.25. The highest BCUT2D eigenvalue weighted by Gasteiger charge is 2.24. The Kier molecular flexibility index (Phi) is 8.39. The molecular weight excluding hydrogens is 524 g/mol. The third-order valence-electron chi connectivity index (χ3n) is 5.49. The molecule has 0 saturated heterocycles. The first-order valence-corrected chi connectivity index (χ1v) is 14.0. The number of carbonyl (C=O) groups is 1. The molecule has 3 aromatic carbocycles. The van der Waals surface area contributed by atoms with E-state index in [0.717, 1.165) is 27.8 Å². The minimum atomic E-state index is -4.36. The van der Waals surface area contributed by atoms with Crippen molar-refractivity contribution in [3.8, 4) is 11.3 Å². The number of nitro groups is 1. The van der Waals surface area contributed by atoms with Crippen molar-refractivity contribution in [3.05, 3.63) is 112 Å². The predicted molar refractivity (Wildman–Crippen MR) is 148 cm³/mol. The van der Waals surface area contributed by atoms with Gasteiger partial charge in [0.25, 0.3) is 21.6 Å². The minimum Gasteiger partial charge on any atom is -0.379 e. The number of pyridine rings is 1. The Hall–Kier alpha value is -4.22. The maximum Gasteiger partial charge on any atom is 0.293 e. The molecule has 0 unspecified atom stereocenters. The van der Waals surface area contributed by atoms with Crippen LogP contribution in [0.5, 0.6) is 0 Å². The van der Waals surface area contributed by atoms with Crippen LogP contribution in [0.3, 0.4) is 0 Å².